The van der Waals surface area contributed by atoms with Gasteiger partial charge in [-0.1, -0.05) is 64.8 Å². The molecule has 1 heterocycles. The van der Waals surface area contributed by atoms with Gasteiger partial charge in [-0.3, -0.25) is 9.69 Å². The molecule has 1 aliphatic rings. The number of rotatable bonds is 2. The zero-order chi connectivity index (χ0) is 16.6. The van der Waals surface area contributed by atoms with Gasteiger partial charge in [0.15, 0.2) is 4.32 Å². The predicted molar refractivity (Wildman–Crippen MR) is 104 cm³/mol. The lowest BCUT2D eigenvalue weighted by atomic mass is 10.2. The maximum atomic E-state index is 12.6. The molecule has 0 N–H and O–H groups in total. The number of thioether (sulfide) groups is 1. The Balaban J connectivity index is 1.92. The smallest absolute Gasteiger partial charge is 0.268 e. The number of hydrogen-bond donors (Lipinski definition) is 0. The maximum absolute atomic E-state index is 12.6. The van der Waals surface area contributed by atoms with Gasteiger partial charge in [0.2, 0.25) is 0 Å². The Morgan fingerprint density at radius 3 is 2.35 bits per heavy atom. The zero-order valence-electron chi connectivity index (χ0n) is 11.4. The van der Waals surface area contributed by atoms with Crippen molar-refractivity contribution in [2.45, 2.75) is 0 Å². The summed E-state index contributed by atoms with van der Waals surface area (Å²) < 4.78 is 0.476. The van der Waals surface area contributed by atoms with E-state index in [-0.39, 0.29) is 5.91 Å². The van der Waals surface area contributed by atoms with Crippen molar-refractivity contribution in [1.82, 2.24) is 0 Å². The lowest BCUT2D eigenvalue weighted by Gasteiger charge is -2.14. The van der Waals surface area contributed by atoms with E-state index < -0.39 is 0 Å². The van der Waals surface area contributed by atoms with Crippen LogP contribution >= 0.6 is 58.8 Å². The van der Waals surface area contributed by atoms with Gasteiger partial charge in [-0.15, -0.1) is 0 Å². The second-order valence-electron chi connectivity index (χ2n) is 4.67. The quantitative estimate of drug-likeness (QED) is 0.452. The molecule has 23 heavy (non-hydrogen) atoms. The molecule has 0 unspecified atom stereocenters. The van der Waals surface area contributed by atoms with E-state index in [1.54, 1.807) is 48.5 Å². The van der Waals surface area contributed by atoms with Crippen molar-refractivity contribution in [3.63, 3.8) is 0 Å². The number of anilines is 1. The number of hydrogen-bond acceptors (Lipinski definition) is 3. The van der Waals surface area contributed by atoms with Crippen LogP contribution in [-0.4, -0.2) is 10.2 Å². The number of carbonyl (C=O) groups is 1. The highest BCUT2D eigenvalue weighted by molar-refractivity contribution is 8.27. The van der Waals surface area contributed by atoms with Crippen LogP contribution in [0.1, 0.15) is 5.56 Å². The Kier molecular flexibility index (Phi) is 4.99. The van der Waals surface area contributed by atoms with Crippen LogP contribution in [0.25, 0.3) is 6.08 Å². The SMILES string of the molecule is O=C1/C(=C\c2ccc(Cl)c(Cl)c2)SC(=S)N1c1ccc(Cl)cc1. The largest absolute Gasteiger partial charge is 0.270 e. The molecule has 1 saturated heterocycles. The zero-order valence-corrected chi connectivity index (χ0v) is 15.3. The number of nitrogens with zero attached hydrogens (tertiary/aromatic N) is 1. The minimum atomic E-state index is -0.173. The second kappa shape index (κ2) is 6.83. The van der Waals surface area contributed by atoms with Gasteiger partial charge >= 0.3 is 0 Å². The van der Waals surface area contributed by atoms with Crippen molar-refractivity contribution in [2.75, 3.05) is 4.90 Å². The van der Waals surface area contributed by atoms with E-state index in [1.165, 1.54) is 16.7 Å². The summed E-state index contributed by atoms with van der Waals surface area (Å²) in [6.45, 7) is 0. The van der Waals surface area contributed by atoms with E-state index in [0.29, 0.717) is 30.0 Å². The van der Waals surface area contributed by atoms with Crippen LogP contribution in [0.15, 0.2) is 47.4 Å². The summed E-state index contributed by atoms with van der Waals surface area (Å²) in [5.41, 5.74) is 1.48. The Bertz CT molecular complexity index is 834. The van der Waals surface area contributed by atoms with E-state index in [1.807, 2.05) is 0 Å². The summed E-state index contributed by atoms with van der Waals surface area (Å²) in [6, 6.07) is 12.2. The molecule has 1 amide bonds. The van der Waals surface area contributed by atoms with Gasteiger partial charge in [0.1, 0.15) is 0 Å². The third-order valence-corrected chi connectivity index (χ3v) is 5.41. The molecule has 0 saturated carbocycles. The molecule has 0 atom stereocenters. The highest BCUT2D eigenvalue weighted by Crippen LogP contribution is 2.36. The first kappa shape index (κ1) is 16.8. The van der Waals surface area contributed by atoms with Gasteiger partial charge < -0.3 is 0 Å². The summed E-state index contributed by atoms with van der Waals surface area (Å²) in [5.74, 6) is -0.173. The summed E-state index contributed by atoms with van der Waals surface area (Å²) in [4.78, 5) is 14.6. The molecule has 2 aromatic rings. The molecule has 0 aromatic heterocycles. The molecule has 2 nitrogen and oxygen atoms in total. The summed E-state index contributed by atoms with van der Waals surface area (Å²) in [5, 5.41) is 1.51. The predicted octanol–water partition coefficient (Wildman–Crippen LogP) is 6.05. The normalized spacial score (nSPS) is 16.5. The molecule has 1 fully saturated rings. The minimum absolute atomic E-state index is 0.173. The molecule has 0 radical (unpaired) electrons. The van der Waals surface area contributed by atoms with Gasteiger partial charge in [-0.05, 0) is 48.0 Å². The number of halogens is 3. The Morgan fingerprint density at radius 1 is 1.00 bits per heavy atom. The third kappa shape index (κ3) is 3.57. The van der Waals surface area contributed by atoms with Crippen LogP contribution in [0.3, 0.4) is 0 Å². The average Bonchev–Trinajstić information content (AvgIpc) is 2.79. The van der Waals surface area contributed by atoms with Gasteiger partial charge in [0.05, 0.1) is 20.6 Å². The fourth-order valence-corrected chi connectivity index (χ4v) is 3.77. The fraction of sp³-hybridized carbons (Fsp3) is 0. The number of carbonyl (C=O) groups excluding carboxylic acids is 1. The Labute approximate surface area is 158 Å². The Morgan fingerprint density at radius 2 is 1.70 bits per heavy atom. The van der Waals surface area contributed by atoms with Crippen LogP contribution in [0.5, 0.6) is 0 Å². The summed E-state index contributed by atoms with van der Waals surface area (Å²) in [7, 11) is 0. The lowest BCUT2D eigenvalue weighted by Crippen LogP contribution is -2.27. The van der Waals surface area contributed by atoms with Gasteiger partial charge in [0.25, 0.3) is 5.91 Å². The highest BCUT2D eigenvalue weighted by Gasteiger charge is 2.33. The van der Waals surface area contributed by atoms with Crippen molar-refractivity contribution in [1.29, 1.82) is 0 Å². The fourth-order valence-electron chi connectivity index (χ4n) is 2.03. The maximum Gasteiger partial charge on any atom is 0.270 e. The van der Waals surface area contributed by atoms with Crippen LogP contribution < -0.4 is 4.90 Å². The summed E-state index contributed by atoms with van der Waals surface area (Å²) >= 11 is 24.3. The Hall–Kier alpha value is -1.04. The first-order valence-electron chi connectivity index (χ1n) is 6.44. The summed E-state index contributed by atoms with van der Waals surface area (Å²) in [6.07, 6.45) is 1.75. The minimum Gasteiger partial charge on any atom is -0.268 e. The molecular formula is C16H8Cl3NOS2. The van der Waals surface area contributed by atoms with Crippen molar-refractivity contribution in [2.24, 2.45) is 0 Å². The third-order valence-electron chi connectivity index (χ3n) is 3.12. The lowest BCUT2D eigenvalue weighted by molar-refractivity contribution is -0.113. The van der Waals surface area contributed by atoms with Crippen molar-refractivity contribution < 1.29 is 4.79 Å². The topological polar surface area (TPSA) is 20.3 Å². The van der Waals surface area contributed by atoms with E-state index >= 15 is 0 Å². The van der Waals surface area contributed by atoms with Crippen molar-refractivity contribution in [3.8, 4) is 0 Å². The van der Waals surface area contributed by atoms with Crippen LogP contribution in [0, 0.1) is 0 Å². The van der Waals surface area contributed by atoms with E-state index in [9.17, 15) is 4.79 Å². The van der Waals surface area contributed by atoms with E-state index in [2.05, 4.69) is 0 Å². The molecule has 0 aliphatic carbocycles. The molecular weight excluding hydrogens is 393 g/mol. The molecule has 3 rings (SSSR count). The van der Waals surface area contributed by atoms with Crippen molar-refractivity contribution in [3.05, 3.63) is 68.0 Å². The number of thiocarbonyl (C=S) groups is 1. The van der Waals surface area contributed by atoms with Crippen molar-refractivity contribution >= 4 is 80.8 Å². The van der Waals surface area contributed by atoms with Gasteiger partial charge in [-0.25, -0.2) is 0 Å². The molecule has 0 spiro atoms. The molecule has 2 aromatic carbocycles. The molecule has 1 aliphatic heterocycles. The van der Waals surface area contributed by atoms with Crippen LogP contribution in [0.4, 0.5) is 5.69 Å². The first-order valence-corrected chi connectivity index (χ1v) is 8.80. The van der Waals surface area contributed by atoms with Crippen LogP contribution in [0.2, 0.25) is 15.1 Å². The molecule has 7 heteroatoms. The van der Waals surface area contributed by atoms with Gasteiger partial charge in [-0.2, -0.15) is 0 Å². The number of benzene rings is 2. The van der Waals surface area contributed by atoms with E-state index in [4.69, 9.17) is 47.0 Å². The monoisotopic (exact) mass is 399 g/mol. The molecule has 116 valence electrons. The highest BCUT2D eigenvalue weighted by atomic mass is 35.5. The number of amides is 1. The van der Waals surface area contributed by atoms with Crippen LogP contribution in [-0.2, 0) is 4.79 Å². The van der Waals surface area contributed by atoms with E-state index in [0.717, 1.165) is 5.56 Å². The average molecular weight is 401 g/mol. The first-order chi connectivity index (χ1) is 11.0. The van der Waals surface area contributed by atoms with Gasteiger partial charge in [0, 0.05) is 5.02 Å². The second-order valence-corrected chi connectivity index (χ2v) is 7.59. The standard InChI is InChI=1S/C16H8Cl3NOS2/c17-10-2-4-11(5-3-10)20-15(21)14(23-16(20)22)8-9-1-6-12(18)13(19)7-9/h1-8H/b14-8+. The molecule has 0 bridgehead atoms.